The molecule has 1 unspecified atom stereocenters. The first kappa shape index (κ1) is 13.4. The molecular weight excluding hydrogens is 224 g/mol. The molecule has 0 aromatic heterocycles. The van der Waals surface area contributed by atoms with Crippen LogP contribution in [-0.4, -0.2) is 12.6 Å². The third-order valence-electron chi connectivity index (χ3n) is 4.26. The van der Waals surface area contributed by atoms with Crippen LogP contribution < -0.4 is 0 Å². The van der Waals surface area contributed by atoms with Crippen molar-refractivity contribution in [3.05, 3.63) is 22.8 Å². The molecule has 1 saturated carbocycles. The number of fused-ring (bicyclic) bond motifs is 1. The molecule has 0 aromatic carbocycles. The van der Waals surface area contributed by atoms with Crippen LogP contribution in [-0.2, 0) is 9.53 Å². The second-order valence-electron chi connectivity index (χ2n) is 5.80. The van der Waals surface area contributed by atoms with Crippen molar-refractivity contribution in [3.8, 4) is 0 Å². The molecular formula is C16H24O2. The summed E-state index contributed by atoms with van der Waals surface area (Å²) < 4.78 is 5.06. The first-order valence-electron chi connectivity index (χ1n) is 7.08. The van der Waals surface area contributed by atoms with E-state index in [0.29, 0.717) is 12.5 Å². The van der Waals surface area contributed by atoms with Gasteiger partial charge in [-0.2, -0.15) is 0 Å². The van der Waals surface area contributed by atoms with Crippen molar-refractivity contribution < 1.29 is 9.53 Å². The van der Waals surface area contributed by atoms with Crippen LogP contribution >= 0.6 is 0 Å². The van der Waals surface area contributed by atoms with Gasteiger partial charge in [-0.15, -0.1) is 0 Å². The fraction of sp³-hybridized carbons (Fsp3) is 0.688. The lowest BCUT2D eigenvalue weighted by Gasteiger charge is -2.29. The van der Waals surface area contributed by atoms with Gasteiger partial charge in [0, 0.05) is 6.92 Å². The van der Waals surface area contributed by atoms with Gasteiger partial charge in [-0.3, -0.25) is 4.79 Å². The summed E-state index contributed by atoms with van der Waals surface area (Å²) in [7, 11) is 0. The molecule has 2 aliphatic rings. The molecule has 18 heavy (non-hydrogen) atoms. The maximum absolute atomic E-state index is 10.8. The molecule has 0 radical (unpaired) electrons. The van der Waals surface area contributed by atoms with E-state index in [1.165, 1.54) is 44.6 Å². The summed E-state index contributed by atoms with van der Waals surface area (Å²) in [6, 6.07) is 0. The largest absolute Gasteiger partial charge is 0.461 e. The Morgan fingerprint density at radius 1 is 1.33 bits per heavy atom. The van der Waals surface area contributed by atoms with Crippen molar-refractivity contribution in [3.63, 3.8) is 0 Å². The number of rotatable bonds is 3. The van der Waals surface area contributed by atoms with Crippen LogP contribution in [0.3, 0.4) is 0 Å². The lowest BCUT2D eigenvalue weighted by molar-refractivity contribution is -0.139. The number of ether oxygens (including phenoxy) is 1. The molecule has 0 N–H and O–H groups in total. The van der Waals surface area contributed by atoms with E-state index in [9.17, 15) is 4.79 Å². The second kappa shape index (κ2) is 5.73. The molecule has 2 rings (SSSR count). The summed E-state index contributed by atoms with van der Waals surface area (Å²) >= 11 is 0. The van der Waals surface area contributed by atoms with Crippen LogP contribution in [0.25, 0.3) is 0 Å². The van der Waals surface area contributed by atoms with Gasteiger partial charge in [-0.05, 0) is 56.9 Å². The van der Waals surface area contributed by atoms with Crippen molar-refractivity contribution in [2.24, 2.45) is 11.8 Å². The zero-order valence-corrected chi connectivity index (χ0v) is 11.8. The van der Waals surface area contributed by atoms with Gasteiger partial charge in [0.1, 0.15) is 6.61 Å². The van der Waals surface area contributed by atoms with E-state index in [-0.39, 0.29) is 5.97 Å². The summed E-state index contributed by atoms with van der Waals surface area (Å²) in [5.41, 5.74) is 4.49. The van der Waals surface area contributed by atoms with Crippen LogP contribution in [0, 0.1) is 11.8 Å². The van der Waals surface area contributed by atoms with E-state index < -0.39 is 0 Å². The molecule has 2 aliphatic carbocycles. The number of allylic oxidation sites excluding steroid dienone is 3. The normalized spacial score (nSPS) is 28.3. The van der Waals surface area contributed by atoms with Gasteiger partial charge in [0.2, 0.25) is 0 Å². The first-order chi connectivity index (χ1) is 8.58. The van der Waals surface area contributed by atoms with Gasteiger partial charge >= 0.3 is 5.97 Å². The highest BCUT2D eigenvalue weighted by atomic mass is 16.5. The van der Waals surface area contributed by atoms with Crippen LogP contribution in [0.4, 0.5) is 0 Å². The molecule has 0 aromatic rings. The van der Waals surface area contributed by atoms with Crippen LogP contribution in [0.2, 0.25) is 0 Å². The van der Waals surface area contributed by atoms with Crippen molar-refractivity contribution in [2.45, 2.75) is 52.9 Å². The average Bonchev–Trinajstić information content (AvgIpc) is 2.70. The predicted octanol–water partition coefficient (Wildman–Crippen LogP) is 4.02. The molecule has 100 valence electrons. The molecule has 0 heterocycles. The zero-order valence-electron chi connectivity index (χ0n) is 11.8. The molecule has 2 nitrogen and oxygen atoms in total. The lowest BCUT2D eigenvalue weighted by Crippen LogP contribution is -2.16. The van der Waals surface area contributed by atoms with E-state index in [2.05, 4.69) is 19.9 Å². The Hall–Kier alpha value is -1.05. The maximum Gasteiger partial charge on any atom is 0.302 e. The second-order valence-corrected chi connectivity index (χ2v) is 5.80. The SMILES string of the molecule is CC(=O)OC/C(C)=C/[C@@H]1CCCC2CCC(C)=C21. The van der Waals surface area contributed by atoms with Crippen molar-refractivity contribution in [2.75, 3.05) is 6.61 Å². The maximum atomic E-state index is 10.8. The highest BCUT2D eigenvalue weighted by Crippen LogP contribution is 2.45. The minimum atomic E-state index is -0.194. The summed E-state index contributed by atoms with van der Waals surface area (Å²) in [6.45, 7) is 6.27. The van der Waals surface area contributed by atoms with E-state index >= 15 is 0 Å². The van der Waals surface area contributed by atoms with Crippen molar-refractivity contribution in [1.82, 2.24) is 0 Å². The quantitative estimate of drug-likeness (QED) is 0.557. The summed E-state index contributed by atoms with van der Waals surface area (Å²) in [4.78, 5) is 10.8. The van der Waals surface area contributed by atoms with E-state index in [1.54, 1.807) is 11.1 Å². The zero-order chi connectivity index (χ0) is 13.1. The summed E-state index contributed by atoms with van der Waals surface area (Å²) in [5.74, 6) is 1.24. The van der Waals surface area contributed by atoms with Gasteiger partial charge in [0.15, 0.2) is 0 Å². The standard InChI is InChI=1S/C16H24O2/c1-11(10-18-13(3)17)9-15-6-4-5-14-8-7-12(2)16(14)15/h9,14-15H,4-8,10H2,1-3H3/b11-9+/t14?,15-/m0/s1. The molecule has 0 amide bonds. The molecule has 0 spiro atoms. The number of carbonyl (C=O) groups is 1. The first-order valence-corrected chi connectivity index (χ1v) is 7.08. The Bertz CT molecular complexity index is 390. The molecule has 0 aliphatic heterocycles. The third kappa shape index (κ3) is 3.04. The van der Waals surface area contributed by atoms with Crippen LogP contribution in [0.15, 0.2) is 22.8 Å². The van der Waals surface area contributed by atoms with E-state index in [4.69, 9.17) is 4.74 Å². The third-order valence-corrected chi connectivity index (χ3v) is 4.26. The van der Waals surface area contributed by atoms with Gasteiger partial charge in [0.05, 0.1) is 0 Å². The Labute approximate surface area is 110 Å². The highest BCUT2D eigenvalue weighted by molar-refractivity contribution is 5.66. The monoisotopic (exact) mass is 248 g/mol. The van der Waals surface area contributed by atoms with Gasteiger partial charge in [0.25, 0.3) is 0 Å². The van der Waals surface area contributed by atoms with E-state index in [0.717, 1.165) is 5.92 Å². The number of carbonyl (C=O) groups excluding carboxylic acids is 1. The highest BCUT2D eigenvalue weighted by Gasteiger charge is 2.31. The lowest BCUT2D eigenvalue weighted by atomic mass is 9.77. The van der Waals surface area contributed by atoms with Crippen LogP contribution in [0.5, 0.6) is 0 Å². The molecule has 2 atom stereocenters. The van der Waals surface area contributed by atoms with E-state index in [1.807, 2.05) is 0 Å². The smallest absolute Gasteiger partial charge is 0.302 e. The summed E-state index contributed by atoms with van der Waals surface area (Å²) in [6.07, 6.45) is 8.95. The number of hydrogen-bond acceptors (Lipinski definition) is 2. The predicted molar refractivity (Wildman–Crippen MR) is 73.2 cm³/mol. The van der Waals surface area contributed by atoms with Crippen molar-refractivity contribution in [1.29, 1.82) is 0 Å². The Morgan fingerprint density at radius 2 is 2.11 bits per heavy atom. The Balaban J connectivity index is 2.05. The topological polar surface area (TPSA) is 26.3 Å². The molecule has 0 saturated heterocycles. The van der Waals surface area contributed by atoms with Crippen molar-refractivity contribution >= 4 is 5.97 Å². The Kier molecular flexibility index (Phi) is 4.26. The number of esters is 1. The van der Waals surface area contributed by atoms with Gasteiger partial charge in [-0.25, -0.2) is 0 Å². The minimum Gasteiger partial charge on any atom is -0.461 e. The molecule has 0 bridgehead atoms. The fourth-order valence-electron chi connectivity index (χ4n) is 3.48. The molecule has 2 heteroatoms. The average molecular weight is 248 g/mol. The Morgan fingerprint density at radius 3 is 2.83 bits per heavy atom. The minimum absolute atomic E-state index is 0.194. The van der Waals surface area contributed by atoms with Crippen LogP contribution in [0.1, 0.15) is 52.9 Å². The molecule has 1 fully saturated rings. The summed E-state index contributed by atoms with van der Waals surface area (Å²) in [5, 5.41) is 0. The number of hydrogen-bond donors (Lipinski definition) is 0. The van der Waals surface area contributed by atoms with Gasteiger partial charge in [-0.1, -0.05) is 23.6 Å². The fourth-order valence-corrected chi connectivity index (χ4v) is 3.48. The van der Waals surface area contributed by atoms with Gasteiger partial charge < -0.3 is 4.74 Å².